The van der Waals surface area contributed by atoms with Crippen LogP contribution in [0.3, 0.4) is 0 Å². The van der Waals surface area contributed by atoms with E-state index >= 15 is 0 Å². The molecular weight excluding hydrogens is 410 g/mol. The van der Waals surface area contributed by atoms with E-state index in [1.807, 2.05) is 23.2 Å². The second-order valence-electron chi connectivity index (χ2n) is 8.69. The number of rotatable bonds is 3. The zero-order chi connectivity index (χ0) is 22.2. The average molecular weight is 437 g/mol. The van der Waals surface area contributed by atoms with E-state index in [0.717, 1.165) is 36.5 Å². The number of halogens is 2. The van der Waals surface area contributed by atoms with Gasteiger partial charge in [-0.05, 0) is 54.8 Å². The fourth-order valence-electron chi connectivity index (χ4n) is 4.72. The largest absolute Gasteiger partial charge is 0.368 e. The summed E-state index contributed by atoms with van der Waals surface area (Å²) in [6.45, 7) is 5.16. The van der Waals surface area contributed by atoms with Gasteiger partial charge in [0.15, 0.2) is 0 Å². The van der Waals surface area contributed by atoms with Crippen LogP contribution in [0.5, 0.6) is 0 Å². The summed E-state index contributed by atoms with van der Waals surface area (Å²) in [5.74, 6) is 0.759. The molecular formula is C25H26F2N4O. The molecule has 0 aliphatic carbocycles. The van der Waals surface area contributed by atoms with E-state index in [4.69, 9.17) is 0 Å². The predicted octanol–water partition coefficient (Wildman–Crippen LogP) is 4.16. The molecule has 1 amide bonds. The summed E-state index contributed by atoms with van der Waals surface area (Å²) < 4.78 is 28.9. The Morgan fingerprint density at radius 1 is 1.03 bits per heavy atom. The number of fused-ring (bicyclic) bond motifs is 1. The molecule has 0 N–H and O–H groups in total. The molecule has 7 heteroatoms. The number of hydrogen-bond acceptors (Lipinski definition) is 3. The molecule has 1 saturated heterocycles. The van der Waals surface area contributed by atoms with Crippen LogP contribution < -0.4 is 4.90 Å². The third-order valence-corrected chi connectivity index (χ3v) is 6.62. The van der Waals surface area contributed by atoms with Crippen LogP contribution in [0.25, 0.3) is 0 Å². The van der Waals surface area contributed by atoms with Crippen LogP contribution in [0.15, 0.2) is 48.7 Å². The first-order valence-electron chi connectivity index (χ1n) is 11.1. The average Bonchev–Trinajstić information content (AvgIpc) is 3.24. The number of anilines is 1. The van der Waals surface area contributed by atoms with Crippen molar-refractivity contribution in [2.45, 2.75) is 32.2 Å². The van der Waals surface area contributed by atoms with Crippen LogP contribution in [0.2, 0.25) is 0 Å². The number of carbonyl (C=O) groups excluding carboxylic acids is 1. The number of aromatic nitrogens is 2. The Kier molecular flexibility index (Phi) is 5.41. The van der Waals surface area contributed by atoms with Crippen molar-refractivity contribution in [3.05, 3.63) is 82.9 Å². The summed E-state index contributed by atoms with van der Waals surface area (Å²) in [4.78, 5) is 21.7. The highest BCUT2D eigenvalue weighted by Crippen LogP contribution is 2.30. The summed E-state index contributed by atoms with van der Waals surface area (Å²) in [6.07, 6.45) is 3.60. The van der Waals surface area contributed by atoms with Crippen LogP contribution >= 0.6 is 0 Å². The summed E-state index contributed by atoms with van der Waals surface area (Å²) in [5, 5.41) is 0. The number of nitrogens with zero attached hydrogens (tertiary/aromatic N) is 4. The van der Waals surface area contributed by atoms with E-state index in [9.17, 15) is 13.6 Å². The molecule has 166 valence electrons. The van der Waals surface area contributed by atoms with E-state index in [0.29, 0.717) is 43.4 Å². The van der Waals surface area contributed by atoms with Crippen molar-refractivity contribution in [3.63, 3.8) is 0 Å². The summed E-state index contributed by atoms with van der Waals surface area (Å²) in [5.41, 5.74) is 3.26. The number of piperazine rings is 1. The van der Waals surface area contributed by atoms with Gasteiger partial charge in [-0.25, -0.2) is 13.8 Å². The molecule has 1 unspecified atom stereocenters. The summed E-state index contributed by atoms with van der Waals surface area (Å²) in [6, 6.07) is 11.8. The number of imidazole rings is 1. The van der Waals surface area contributed by atoms with Crippen molar-refractivity contribution in [1.29, 1.82) is 0 Å². The highest BCUT2D eigenvalue weighted by atomic mass is 19.1. The standard InChI is InChI=1S/C25H26F2N4O/c1-17-14-18(2-8-22(17)27)19-3-9-24-28-23(16-31(24)15-19)25(32)30-12-10-29(11-13-30)21-6-4-20(26)5-7-21/h2,4-8,14,16,19H,3,9-13,15H2,1H3. The van der Waals surface area contributed by atoms with Gasteiger partial charge < -0.3 is 14.4 Å². The Morgan fingerprint density at radius 3 is 2.50 bits per heavy atom. The van der Waals surface area contributed by atoms with Gasteiger partial charge in [-0.1, -0.05) is 12.1 Å². The molecule has 1 aromatic heterocycles. The second kappa shape index (κ2) is 8.37. The fourth-order valence-corrected chi connectivity index (χ4v) is 4.72. The molecule has 3 aromatic rings. The van der Waals surface area contributed by atoms with Gasteiger partial charge in [-0.2, -0.15) is 0 Å². The van der Waals surface area contributed by atoms with Gasteiger partial charge >= 0.3 is 0 Å². The van der Waals surface area contributed by atoms with Crippen molar-refractivity contribution >= 4 is 11.6 Å². The smallest absolute Gasteiger partial charge is 0.274 e. The molecule has 32 heavy (non-hydrogen) atoms. The second-order valence-corrected chi connectivity index (χ2v) is 8.69. The molecule has 2 aliphatic rings. The third kappa shape index (κ3) is 3.99. The lowest BCUT2D eigenvalue weighted by atomic mass is 9.90. The van der Waals surface area contributed by atoms with Crippen LogP contribution in [-0.4, -0.2) is 46.5 Å². The third-order valence-electron chi connectivity index (χ3n) is 6.62. The number of amides is 1. The molecule has 0 bridgehead atoms. The highest BCUT2D eigenvalue weighted by Gasteiger charge is 2.27. The predicted molar refractivity (Wildman–Crippen MR) is 119 cm³/mol. The Bertz CT molecular complexity index is 1130. The Hall–Kier alpha value is -3.22. The molecule has 0 saturated carbocycles. The van der Waals surface area contributed by atoms with E-state index in [1.165, 1.54) is 18.2 Å². The first-order valence-corrected chi connectivity index (χ1v) is 11.1. The van der Waals surface area contributed by atoms with Crippen LogP contribution in [-0.2, 0) is 13.0 Å². The minimum Gasteiger partial charge on any atom is -0.368 e. The van der Waals surface area contributed by atoms with E-state index in [2.05, 4.69) is 14.5 Å². The van der Waals surface area contributed by atoms with Gasteiger partial charge in [0, 0.05) is 56.9 Å². The highest BCUT2D eigenvalue weighted by molar-refractivity contribution is 5.92. The van der Waals surface area contributed by atoms with Crippen molar-refractivity contribution in [2.75, 3.05) is 31.1 Å². The Morgan fingerprint density at radius 2 is 1.78 bits per heavy atom. The topological polar surface area (TPSA) is 41.4 Å². The summed E-state index contributed by atoms with van der Waals surface area (Å²) in [7, 11) is 0. The molecule has 5 rings (SSSR count). The molecule has 0 radical (unpaired) electrons. The zero-order valence-electron chi connectivity index (χ0n) is 18.1. The van der Waals surface area contributed by atoms with Crippen LogP contribution in [0.1, 0.15) is 39.8 Å². The first-order chi connectivity index (χ1) is 15.5. The maximum absolute atomic E-state index is 13.6. The van der Waals surface area contributed by atoms with E-state index in [-0.39, 0.29) is 17.5 Å². The SMILES string of the molecule is Cc1cc(C2CCc3nc(C(=O)N4CCN(c5ccc(F)cc5)CC4)cn3C2)ccc1F. The minimum atomic E-state index is -0.247. The van der Waals surface area contributed by atoms with Crippen molar-refractivity contribution in [1.82, 2.24) is 14.5 Å². The maximum atomic E-state index is 13.6. The molecule has 2 aliphatic heterocycles. The number of hydrogen-bond donors (Lipinski definition) is 0. The number of benzene rings is 2. The lowest BCUT2D eigenvalue weighted by molar-refractivity contribution is 0.0741. The van der Waals surface area contributed by atoms with Gasteiger partial charge in [0.2, 0.25) is 0 Å². The molecule has 5 nitrogen and oxygen atoms in total. The normalized spacial score (nSPS) is 18.5. The number of aryl methyl sites for hydroxylation is 2. The van der Waals surface area contributed by atoms with Crippen LogP contribution in [0, 0.1) is 18.6 Å². The zero-order valence-corrected chi connectivity index (χ0v) is 18.1. The fraction of sp³-hybridized carbons (Fsp3) is 0.360. The Balaban J connectivity index is 1.24. The quantitative estimate of drug-likeness (QED) is 0.619. The van der Waals surface area contributed by atoms with Gasteiger partial charge in [0.25, 0.3) is 5.91 Å². The minimum absolute atomic E-state index is 0.0418. The molecule has 1 fully saturated rings. The van der Waals surface area contributed by atoms with Gasteiger partial charge in [0.1, 0.15) is 23.2 Å². The lowest BCUT2D eigenvalue weighted by Crippen LogP contribution is -2.48. The van der Waals surface area contributed by atoms with Crippen LogP contribution in [0.4, 0.5) is 14.5 Å². The van der Waals surface area contributed by atoms with Crippen molar-refractivity contribution in [2.24, 2.45) is 0 Å². The van der Waals surface area contributed by atoms with E-state index in [1.54, 1.807) is 19.1 Å². The monoisotopic (exact) mass is 436 g/mol. The van der Waals surface area contributed by atoms with Gasteiger partial charge in [-0.3, -0.25) is 4.79 Å². The Labute approximate surface area is 186 Å². The van der Waals surface area contributed by atoms with Gasteiger partial charge in [-0.15, -0.1) is 0 Å². The molecule has 2 aromatic carbocycles. The van der Waals surface area contributed by atoms with Crippen molar-refractivity contribution in [3.8, 4) is 0 Å². The summed E-state index contributed by atoms with van der Waals surface area (Å²) >= 11 is 0. The first kappa shape index (κ1) is 20.7. The molecule has 3 heterocycles. The van der Waals surface area contributed by atoms with Crippen molar-refractivity contribution < 1.29 is 13.6 Å². The van der Waals surface area contributed by atoms with E-state index < -0.39 is 0 Å². The molecule has 0 spiro atoms. The number of carbonyl (C=O) groups is 1. The maximum Gasteiger partial charge on any atom is 0.274 e. The molecule has 1 atom stereocenters. The van der Waals surface area contributed by atoms with Gasteiger partial charge in [0.05, 0.1) is 0 Å². The lowest BCUT2D eigenvalue weighted by Gasteiger charge is -2.35.